The topological polar surface area (TPSA) is 132 Å². The fourth-order valence-corrected chi connectivity index (χ4v) is 2.92. The highest BCUT2D eigenvalue weighted by Gasteiger charge is 2.22. The number of hydrogen-bond donors (Lipinski definition) is 4. The number of hydrogen-bond acceptors (Lipinski definition) is 5. The van der Waals surface area contributed by atoms with Gasteiger partial charge in [0.15, 0.2) is 4.90 Å². The minimum absolute atomic E-state index is 0.0217. The van der Waals surface area contributed by atoms with Crippen LogP contribution in [0.5, 0.6) is 0 Å². The molecule has 0 aliphatic rings. The van der Waals surface area contributed by atoms with Gasteiger partial charge in [0.2, 0.25) is 10.0 Å². The van der Waals surface area contributed by atoms with Gasteiger partial charge in [-0.25, -0.2) is 17.9 Å². The maximum Gasteiger partial charge on any atom is 0.325 e. The van der Waals surface area contributed by atoms with Crippen molar-refractivity contribution in [2.45, 2.75) is 37.7 Å². The highest BCUT2D eigenvalue weighted by atomic mass is 32.2. The summed E-state index contributed by atoms with van der Waals surface area (Å²) in [4.78, 5) is 25.6. The molecule has 1 unspecified atom stereocenters. The first kappa shape index (κ1) is 16.6. The van der Waals surface area contributed by atoms with Gasteiger partial charge in [-0.3, -0.25) is 9.78 Å². The minimum atomic E-state index is -4.08. The van der Waals surface area contributed by atoms with Gasteiger partial charge in [0.05, 0.1) is 6.10 Å². The molecule has 0 spiro atoms. The summed E-state index contributed by atoms with van der Waals surface area (Å²) in [5, 5.41) is 9.86. The van der Waals surface area contributed by atoms with Gasteiger partial charge >= 0.3 is 5.69 Å². The third-order valence-electron chi connectivity index (χ3n) is 3.15. The van der Waals surface area contributed by atoms with E-state index >= 15 is 0 Å². The van der Waals surface area contributed by atoms with Crippen LogP contribution in [-0.4, -0.2) is 36.1 Å². The predicted molar refractivity (Wildman–Crippen MR) is 73.0 cm³/mol. The molecule has 1 atom stereocenters. The second kappa shape index (κ2) is 6.82. The SMILES string of the molecule is CCC(CC)C(O)CNS(=O)(=O)c1c[nH]c(=O)[nH]c1=O. The van der Waals surface area contributed by atoms with Crippen molar-refractivity contribution in [3.05, 3.63) is 27.0 Å². The largest absolute Gasteiger partial charge is 0.391 e. The highest BCUT2D eigenvalue weighted by Crippen LogP contribution is 2.12. The lowest BCUT2D eigenvalue weighted by Gasteiger charge is -2.20. The summed E-state index contributed by atoms with van der Waals surface area (Å²) in [5.74, 6) is -0.0217. The van der Waals surface area contributed by atoms with Gasteiger partial charge in [-0.15, -0.1) is 0 Å². The Morgan fingerprint density at radius 2 is 1.90 bits per heavy atom. The second-order valence-electron chi connectivity index (χ2n) is 4.43. The van der Waals surface area contributed by atoms with Gasteiger partial charge in [-0.1, -0.05) is 26.7 Å². The van der Waals surface area contributed by atoms with E-state index in [4.69, 9.17) is 0 Å². The fraction of sp³-hybridized carbons (Fsp3) is 0.636. The molecule has 1 heterocycles. The van der Waals surface area contributed by atoms with E-state index in [1.165, 1.54) is 0 Å². The monoisotopic (exact) mass is 305 g/mol. The quantitative estimate of drug-likeness (QED) is 0.520. The maximum atomic E-state index is 11.9. The van der Waals surface area contributed by atoms with Gasteiger partial charge < -0.3 is 10.1 Å². The molecule has 0 bridgehead atoms. The van der Waals surface area contributed by atoms with E-state index in [9.17, 15) is 23.1 Å². The van der Waals surface area contributed by atoms with Crippen molar-refractivity contribution in [3.63, 3.8) is 0 Å². The summed E-state index contributed by atoms with van der Waals surface area (Å²) >= 11 is 0. The van der Waals surface area contributed by atoms with Gasteiger partial charge in [0.1, 0.15) is 0 Å². The number of sulfonamides is 1. The van der Waals surface area contributed by atoms with Gasteiger partial charge in [0, 0.05) is 12.7 Å². The number of rotatable bonds is 7. The summed E-state index contributed by atoms with van der Waals surface area (Å²) in [6.07, 6.45) is 1.44. The van der Waals surface area contributed by atoms with Crippen LogP contribution in [0.4, 0.5) is 0 Å². The molecule has 0 aliphatic carbocycles. The molecule has 0 saturated carbocycles. The molecule has 1 aromatic heterocycles. The van der Waals surface area contributed by atoms with Crippen LogP contribution in [0.2, 0.25) is 0 Å². The first-order valence-electron chi connectivity index (χ1n) is 6.31. The smallest absolute Gasteiger partial charge is 0.325 e. The Kier molecular flexibility index (Phi) is 5.66. The first-order valence-corrected chi connectivity index (χ1v) is 7.79. The first-order chi connectivity index (χ1) is 9.31. The number of aliphatic hydroxyl groups excluding tert-OH is 1. The summed E-state index contributed by atoms with van der Waals surface area (Å²) in [6, 6.07) is 0. The van der Waals surface area contributed by atoms with Crippen LogP contribution in [-0.2, 0) is 10.0 Å². The molecule has 8 nitrogen and oxygen atoms in total. The standard InChI is InChI=1S/C11H19N3O5S/c1-3-7(4-2)8(15)5-13-20(18,19)9-6-12-11(17)14-10(9)16/h6-8,13,15H,3-5H2,1-2H3,(H2,12,14,16,17). The van der Waals surface area contributed by atoms with Crippen molar-refractivity contribution in [3.8, 4) is 0 Å². The number of aromatic nitrogens is 2. The number of aliphatic hydroxyl groups is 1. The van der Waals surface area contributed by atoms with Crippen LogP contribution >= 0.6 is 0 Å². The average molecular weight is 305 g/mol. The molecular weight excluding hydrogens is 286 g/mol. The number of H-pyrrole nitrogens is 2. The molecule has 1 aromatic rings. The van der Waals surface area contributed by atoms with Crippen molar-refractivity contribution in [2.75, 3.05) is 6.54 Å². The van der Waals surface area contributed by atoms with Crippen molar-refractivity contribution in [1.29, 1.82) is 0 Å². The average Bonchev–Trinajstić information content (AvgIpc) is 2.37. The summed E-state index contributed by atoms with van der Waals surface area (Å²) in [6.45, 7) is 3.62. The minimum Gasteiger partial charge on any atom is -0.391 e. The Hall–Kier alpha value is -1.45. The van der Waals surface area contributed by atoms with Crippen LogP contribution in [0.25, 0.3) is 0 Å². The Bertz CT molecular complexity index is 645. The zero-order valence-corrected chi connectivity index (χ0v) is 12.2. The third kappa shape index (κ3) is 4.02. The molecule has 0 saturated heterocycles. The maximum absolute atomic E-state index is 11.9. The molecule has 0 aliphatic heterocycles. The zero-order valence-electron chi connectivity index (χ0n) is 11.3. The summed E-state index contributed by atoms with van der Waals surface area (Å²) in [5.41, 5.74) is -1.79. The van der Waals surface area contributed by atoms with Gasteiger partial charge in [0.25, 0.3) is 5.56 Å². The fourth-order valence-electron chi connectivity index (χ4n) is 1.87. The highest BCUT2D eigenvalue weighted by molar-refractivity contribution is 7.89. The van der Waals surface area contributed by atoms with E-state index in [1.54, 1.807) is 0 Å². The molecule has 20 heavy (non-hydrogen) atoms. The number of nitrogens with one attached hydrogen (secondary N) is 3. The van der Waals surface area contributed by atoms with Crippen LogP contribution in [0.3, 0.4) is 0 Å². The molecule has 0 amide bonds. The Labute approximate surface area is 116 Å². The van der Waals surface area contributed by atoms with Crippen molar-refractivity contribution >= 4 is 10.0 Å². The normalized spacial score (nSPS) is 13.6. The third-order valence-corrected chi connectivity index (χ3v) is 4.58. The van der Waals surface area contributed by atoms with Crippen molar-refractivity contribution in [1.82, 2.24) is 14.7 Å². The molecule has 114 valence electrons. The lowest BCUT2D eigenvalue weighted by Crippen LogP contribution is -2.39. The molecule has 0 aromatic carbocycles. The van der Waals surface area contributed by atoms with E-state index in [-0.39, 0.29) is 12.5 Å². The lowest BCUT2D eigenvalue weighted by molar-refractivity contribution is 0.107. The molecule has 4 N–H and O–H groups in total. The van der Waals surface area contributed by atoms with Crippen LogP contribution in [0.1, 0.15) is 26.7 Å². The van der Waals surface area contributed by atoms with Crippen molar-refractivity contribution < 1.29 is 13.5 Å². The van der Waals surface area contributed by atoms with E-state index in [0.29, 0.717) is 0 Å². The predicted octanol–water partition coefficient (Wildman–Crippen LogP) is -0.861. The van der Waals surface area contributed by atoms with E-state index < -0.39 is 32.3 Å². The van der Waals surface area contributed by atoms with Crippen molar-refractivity contribution in [2.24, 2.45) is 5.92 Å². The lowest BCUT2D eigenvalue weighted by atomic mass is 9.97. The van der Waals surface area contributed by atoms with Crippen LogP contribution in [0.15, 0.2) is 20.7 Å². The summed E-state index contributed by atoms with van der Waals surface area (Å²) < 4.78 is 26.0. The molecular formula is C11H19N3O5S. The molecule has 0 fully saturated rings. The summed E-state index contributed by atoms with van der Waals surface area (Å²) in [7, 11) is -4.08. The Morgan fingerprint density at radius 1 is 1.30 bits per heavy atom. The Morgan fingerprint density at radius 3 is 2.40 bits per heavy atom. The molecule has 0 radical (unpaired) electrons. The molecule has 1 rings (SSSR count). The second-order valence-corrected chi connectivity index (χ2v) is 6.17. The van der Waals surface area contributed by atoms with E-state index in [2.05, 4.69) is 9.71 Å². The zero-order chi connectivity index (χ0) is 15.3. The van der Waals surface area contributed by atoms with E-state index in [1.807, 2.05) is 18.8 Å². The number of aromatic amines is 2. The molecule has 9 heteroatoms. The van der Waals surface area contributed by atoms with E-state index in [0.717, 1.165) is 19.0 Å². The van der Waals surface area contributed by atoms with Crippen LogP contribution in [0, 0.1) is 5.92 Å². The Balaban J connectivity index is 2.86. The van der Waals surface area contributed by atoms with Gasteiger partial charge in [-0.05, 0) is 5.92 Å². The van der Waals surface area contributed by atoms with Gasteiger partial charge in [-0.2, -0.15) is 0 Å². The van der Waals surface area contributed by atoms with Crippen LogP contribution < -0.4 is 16.0 Å².